The van der Waals surface area contributed by atoms with E-state index in [1.165, 1.54) is 51.4 Å². The second kappa shape index (κ2) is 15.1. The summed E-state index contributed by atoms with van der Waals surface area (Å²) < 4.78 is 13.6. The Morgan fingerprint density at radius 2 is 1.36 bits per heavy atom. The number of aryl methyl sites for hydroxylation is 3. The molecule has 0 heterocycles. The predicted molar refractivity (Wildman–Crippen MR) is 146 cm³/mol. The van der Waals surface area contributed by atoms with Crippen molar-refractivity contribution in [3.05, 3.63) is 34.4 Å². The van der Waals surface area contributed by atoms with Crippen LogP contribution in [0, 0.1) is 32.1 Å². The molecule has 3 heteroatoms. The lowest BCUT2D eigenvalue weighted by molar-refractivity contribution is 0.107. The van der Waals surface area contributed by atoms with Crippen molar-refractivity contribution in [2.75, 3.05) is 0 Å². The van der Waals surface area contributed by atoms with Gasteiger partial charge in [-0.25, -0.2) is 4.79 Å². The van der Waals surface area contributed by atoms with Crippen molar-refractivity contribution in [3.63, 3.8) is 0 Å². The maximum absolute atomic E-state index is 13.6. The lowest BCUT2D eigenvalue weighted by Crippen LogP contribution is -2.17. The molecular weight excluding hydrogens is 423 g/mol. The average Bonchev–Trinajstić information content (AvgIpc) is 2.68. The fraction of sp³-hybridized carbons (Fsp3) is 0.767. The second-order valence-electron chi connectivity index (χ2n) is 11.8. The third-order valence-corrected chi connectivity index (χ3v) is 8.46. The minimum absolute atomic E-state index is 0.00509. The van der Waals surface area contributed by atoms with Crippen LogP contribution in [0.1, 0.15) is 139 Å². The van der Waals surface area contributed by atoms with Crippen molar-refractivity contribution in [2.24, 2.45) is 11.3 Å². The molecule has 3 atom stereocenters. The molecule has 0 radical (unpaired) electrons. The molecule has 33 heavy (non-hydrogen) atoms. The summed E-state index contributed by atoms with van der Waals surface area (Å²) in [7, 11) is -1.92. The zero-order valence-electron chi connectivity index (χ0n) is 23.1. The van der Waals surface area contributed by atoms with Gasteiger partial charge in [-0.1, -0.05) is 108 Å². The van der Waals surface area contributed by atoms with Crippen LogP contribution in [0.3, 0.4) is 0 Å². The molecule has 0 saturated heterocycles. The van der Waals surface area contributed by atoms with Crippen LogP contribution < -0.4 is 0 Å². The average molecular weight is 476 g/mol. The van der Waals surface area contributed by atoms with E-state index in [9.17, 15) is 9.36 Å². The molecule has 3 unspecified atom stereocenters. The number of rotatable bonds is 16. The standard InChI is InChI=1S/C30H52O2P/c1-9-10-11-12-13-14-15-16-17-18-27(21-24(3)22-30(6,7)8)33(32)29(31)28-25(4)19-23(2)20-26(28)5/h19-20,24,27H,9-18,21-22H2,1-8H3/q+1. The Balaban J connectivity index is 2.77. The number of carbonyl (C=O) groups is 1. The summed E-state index contributed by atoms with van der Waals surface area (Å²) in [6.07, 6.45) is 14.5. The first-order chi connectivity index (χ1) is 15.5. The van der Waals surface area contributed by atoms with Crippen molar-refractivity contribution in [1.82, 2.24) is 0 Å². The highest BCUT2D eigenvalue weighted by Gasteiger charge is 2.41. The van der Waals surface area contributed by atoms with Crippen LogP contribution in [0.5, 0.6) is 0 Å². The lowest BCUT2D eigenvalue weighted by Gasteiger charge is -2.24. The van der Waals surface area contributed by atoms with E-state index in [-0.39, 0.29) is 16.6 Å². The van der Waals surface area contributed by atoms with Crippen LogP contribution in [0.15, 0.2) is 12.1 Å². The van der Waals surface area contributed by atoms with Gasteiger partial charge in [-0.2, -0.15) is 0 Å². The third kappa shape index (κ3) is 11.8. The zero-order chi connectivity index (χ0) is 25.0. The summed E-state index contributed by atoms with van der Waals surface area (Å²) in [5.74, 6) is 0.473. The molecule has 0 aromatic heterocycles. The highest BCUT2D eigenvalue weighted by Crippen LogP contribution is 2.42. The molecule has 0 aliphatic carbocycles. The summed E-state index contributed by atoms with van der Waals surface area (Å²) in [6.45, 7) is 17.3. The van der Waals surface area contributed by atoms with E-state index in [4.69, 9.17) is 0 Å². The molecule has 188 valence electrons. The van der Waals surface area contributed by atoms with Gasteiger partial charge in [-0.3, -0.25) is 0 Å². The minimum atomic E-state index is -1.92. The highest BCUT2D eigenvalue weighted by molar-refractivity contribution is 7.65. The molecule has 0 bridgehead atoms. The fourth-order valence-corrected chi connectivity index (χ4v) is 7.28. The van der Waals surface area contributed by atoms with E-state index in [1.54, 1.807) is 0 Å². The quantitative estimate of drug-likeness (QED) is 0.176. The van der Waals surface area contributed by atoms with Gasteiger partial charge in [0.2, 0.25) is 0 Å². The summed E-state index contributed by atoms with van der Waals surface area (Å²) in [6, 6.07) is 4.09. The van der Waals surface area contributed by atoms with Gasteiger partial charge in [0.25, 0.3) is 0 Å². The van der Waals surface area contributed by atoms with Crippen molar-refractivity contribution in [1.29, 1.82) is 0 Å². The molecule has 1 aromatic rings. The van der Waals surface area contributed by atoms with Crippen molar-refractivity contribution in [2.45, 2.75) is 138 Å². The first-order valence-corrected chi connectivity index (χ1v) is 14.9. The molecule has 0 aliphatic rings. The van der Waals surface area contributed by atoms with Crippen LogP contribution >= 0.6 is 7.80 Å². The monoisotopic (exact) mass is 475 g/mol. The van der Waals surface area contributed by atoms with E-state index in [2.05, 4.69) is 41.5 Å². The number of unbranched alkanes of at least 4 members (excludes halogenated alkanes) is 8. The molecule has 2 nitrogen and oxygen atoms in total. The fourth-order valence-electron chi connectivity index (χ4n) is 5.41. The van der Waals surface area contributed by atoms with Crippen LogP contribution in [-0.2, 0) is 4.57 Å². The number of hydrogen-bond acceptors (Lipinski definition) is 2. The van der Waals surface area contributed by atoms with Gasteiger partial charge in [0.15, 0.2) is 5.66 Å². The Hall–Kier alpha value is -1.01. The topological polar surface area (TPSA) is 34.1 Å². The number of hydrogen-bond donors (Lipinski definition) is 0. The van der Waals surface area contributed by atoms with Crippen molar-refractivity contribution < 1.29 is 9.36 Å². The maximum atomic E-state index is 13.6. The Morgan fingerprint density at radius 3 is 1.85 bits per heavy atom. The Bertz CT molecular complexity index is 721. The predicted octanol–water partition coefficient (Wildman–Crippen LogP) is 10.3. The summed E-state index contributed by atoms with van der Waals surface area (Å²) >= 11 is 0. The molecular formula is C30H52O2P+. The summed E-state index contributed by atoms with van der Waals surface area (Å²) in [5.41, 5.74) is 3.90. The molecule has 1 rings (SSSR count). The smallest absolute Gasteiger partial charge is 0.234 e. The van der Waals surface area contributed by atoms with E-state index in [0.29, 0.717) is 11.5 Å². The first-order valence-electron chi connectivity index (χ1n) is 13.5. The molecule has 0 spiro atoms. The van der Waals surface area contributed by atoms with Gasteiger partial charge in [0.05, 0.1) is 5.56 Å². The van der Waals surface area contributed by atoms with Gasteiger partial charge in [0, 0.05) is 0 Å². The zero-order valence-corrected chi connectivity index (χ0v) is 24.0. The first kappa shape index (κ1) is 30.0. The normalized spacial score (nSPS) is 14.2. The number of carbonyl (C=O) groups excluding carboxylic acids is 1. The molecule has 0 aliphatic heterocycles. The maximum Gasteiger partial charge on any atom is 0.423 e. The van der Waals surface area contributed by atoms with Gasteiger partial charge >= 0.3 is 13.3 Å². The minimum Gasteiger partial charge on any atom is -0.234 e. The molecule has 0 amide bonds. The van der Waals surface area contributed by atoms with E-state index < -0.39 is 7.80 Å². The van der Waals surface area contributed by atoms with Crippen LogP contribution in [0.4, 0.5) is 0 Å². The second-order valence-corrected chi connectivity index (χ2v) is 13.6. The molecule has 0 fully saturated rings. The highest BCUT2D eigenvalue weighted by atomic mass is 31.1. The van der Waals surface area contributed by atoms with E-state index in [1.807, 2.05) is 26.0 Å². The van der Waals surface area contributed by atoms with Crippen LogP contribution in [-0.4, -0.2) is 11.2 Å². The van der Waals surface area contributed by atoms with E-state index in [0.717, 1.165) is 42.4 Å². The molecule has 1 aromatic carbocycles. The molecule has 0 N–H and O–H groups in total. The SMILES string of the molecule is CCCCCCCCCCCC(CC(C)CC(C)(C)C)[P+](=O)C(=O)c1c(C)cc(C)cc1C. The van der Waals surface area contributed by atoms with Gasteiger partial charge in [0.1, 0.15) is 0 Å². The van der Waals surface area contributed by atoms with Gasteiger partial charge in [-0.15, -0.1) is 0 Å². The van der Waals surface area contributed by atoms with Crippen molar-refractivity contribution in [3.8, 4) is 0 Å². The van der Waals surface area contributed by atoms with Crippen LogP contribution in [0.2, 0.25) is 0 Å². The Kier molecular flexibility index (Phi) is 13.7. The summed E-state index contributed by atoms with van der Waals surface area (Å²) in [4.78, 5) is 13.4. The molecule has 0 saturated carbocycles. The van der Waals surface area contributed by atoms with Crippen molar-refractivity contribution >= 4 is 13.3 Å². The van der Waals surface area contributed by atoms with Gasteiger partial charge in [-0.05, 0) is 68.9 Å². The lowest BCUT2D eigenvalue weighted by atomic mass is 9.83. The third-order valence-electron chi connectivity index (χ3n) is 6.70. The van der Waals surface area contributed by atoms with E-state index >= 15 is 0 Å². The van der Waals surface area contributed by atoms with Crippen LogP contribution in [0.25, 0.3) is 0 Å². The summed E-state index contributed by atoms with van der Waals surface area (Å²) in [5, 5.41) is 0. The number of benzene rings is 1. The largest absolute Gasteiger partial charge is 0.423 e. The Labute approximate surface area is 206 Å². The van der Waals surface area contributed by atoms with Gasteiger partial charge < -0.3 is 0 Å². The Morgan fingerprint density at radius 1 is 0.879 bits per heavy atom.